The van der Waals surface area contributed by atoms with E-state index in [9.17, 15) is 4.79 Å². The third-order valence-corrected chi connectivity index (χ3v) is 4.57. The van der Waals surface area contributed by atoms with Crippen LogP contribution >= 0.6 is 0 Å². The smallest absolute Gasteiger partial charge is 0.253 e. The van der Waals surface area contributed by atoms with E-state index in [4.69, 9.17) is 9.47 Å². The zero-order chi connectivity index (χ0) is 17.8. The molecule has 0 aliphatic carbocycles. The Morgan fingerprint density at radius 3 is 2.68 bits per heavy atom. The number of carbonyl (C=O) groups excluding carboxylic acids is 1. The highest BCUT2D eigenvalue weighted by Crippen LogP contribution is 2.31. The molecule has 0 aromatic heterocycles. The minimum Gasteiger partial charge on any atom is -0.383 e. The van der Waals surface area contributed by atoms with Crippen LogP contribution in [0.5, 0.6) is 0 Å². The summed E-state index contributed by atoms with van der Waals surface area (Å²) in [4.78, 5) is 14.2. The fourth-order valence-corrected chi connectivity index (χ4v) is 3.08. The minimum atomic E-state index is -0.0242. The molecular weight excluding hydrogens is 314 g/mol. The monoisotopic (exact) mass is 339 g/mol. The highest BCUT2D eigenvalue weighted by atomic mass is 16.5. The number of hydrogen-bond acceptors (Lipinski definition) is 3. The molecule has 0 atom stereocenters. The van der Waals surface area contributed by atoms with E-state index in [1.165, 1.54) is 11.1 Å². The SMILES string of the molecule is COCCN1C(=O)COCc2ccc(-c3cccc(C(C)C)c3)cc21. The van der Waals surface area contributed by atoms with Crippen molar-refractivity contribution in [3.63, 3.8) is 0 Å². The summed E-state index contributed by atoms with van der Waals surface area (Å²) >= 11 is 0. The van der Waals surface area contributed by atoms with Gasteiger partial charge in [0.1, 0.15) is 6.61 Å². The molecule has 2 aromatic rings. The molecule has 1 amide bonds. The molecular formula is C21H25NO3. The first kappa shape index (κ1) is 17.6. The maximum Gasteiger partial charge on any atom is 0.253 e. The molecule has 4 heteroatoms. The van der Waals surface area contributed by atoms with Crippen LogP contribution in [-0.2, 0) is 20.9 Å². The molecule has 1 aliphatic rings. The first-order valence-electron chi connectivity index (χ1n) is 8.70. The topological polar surface area (TPSA) is 38.8 Å². The molecule has 0 spiro atoms. The standard InChI is InChI=1S/C21H25NO3/c1-15(2)16-5-4-6-17(11-16)18-7-8-19-13-25-14-21(23)22(9-10-24-3)20(19)12-18/h4-8,11-12,15H,9-10,13-14H2,1-3H3. The molecule has 0 unspecified atom stereocenters. The number of benzene rings is 2. The summed E-state index contributed by atoms with van der Waals surface area (Å²) in [5.41, 5.74) is 5.54. The third-order valence-electron chi connectivity index (χ3n) is 4.57. The molecule has 4 nitrogen and oxygen atoms in total. The predicted octanol–water partition coefficient (Wildman–Crippen LogP) is 3.99. The Morgan fingerprint density at radius 2 is 1.92 bits per heavy atom. The highest BCUT2D eigenvalue weighted by Gasteiger charge is 2.23. The van der Waals surface area contributed by atoms with E-state index in [1.807, 2.05) is 0 Å². The second-order valence-electron chi connectivity index (χ2n) is 6.65. The van der Waals surface area contributed by atoms with Crippen molar-refractivity contribution in [3.05, 3.63) is 53.6 Å². The maximum atomic E-state index is 12.4. The van der Waals surface area contributed by atoms with Gasteiger partial charge in [0.05, 0.1) is 13.2 Å². The molecule has 132 valence electrons. The average Bonchev–Trinajstić information content (AvgIpc) is 2.78. The van der Waals surface area contributed by atoms with Gasteiger partial charge < -0.3 is 14.4 Å². The van der Waals surface area contributed by atoms with Crippen molar-refractivity contribution in [2.75, 3.05) is 31.8 Å². The Hall–Kier alpha value is -2.17. The number of amides is 1. The molecule has 3 rings (SSSR count). The van der Waals surface area contributed by atoms with Gasteiger partial charge in [0, 0.05) is 24.9 Å². The largest absolute Gasteiger partial charge is 0.383 e. The first-order valence-corrected chi connectivity index (χ1v) is 8.70. The molecule has 0 radical (unpaired) electrons. The summed E-state index contributed by atoms with van der Waals surface area (Å²) in [7, 11) is 1.65. The normalized spacial score (nSPS) is 14.6. The van der Waals surface area contributed by atoms with Gasteiger partial charge in [0.15, 0.2) is 0 Å². The lowest BCUT2D eigenvalue weighted by Crippen LogP contribution is -2.35. The Kier molecular flexibility index (Phi) is 5.51. The van der Waals surface area contributed by atoms with Crippen LogP contribution in [0.4, 0.5) is 5.69 Å². The van der Waals surface area contributed by atoms with Crippen LogP contribution in [0.25, 0.3) is 11.1 Å². The summed E-state index contributed by atoms with van der Waals surface area (Å²) in [5, 5.41) is 0. The van der Waals surface area contributed by atoms with E-state index in [0.29, 0.717) is 25.7 Å². The average molecular weight is 339 g/mol. The second kappa shape index (κ2) is 7.81. The molecule has 0 saturated heterocycles. The molecule has 1 aliphatic heterocycles. The van der Waals surface area contributed by atoms with Crippen molar-refractivity contribution < 1.29 is 14.3 Å². The van der Waals surface area contributed by atoms with E-state index in [1.54, 1.807) is 12.0 Å². The predicted molar refractivity (Wildman–Crippen MR) is 99.9 cm³/mol. The Morgan fingerprint density at radius 1 is 1.12 bits per heavy atom. The molecule has 0 N–H and O–H groups in total. The zero-order valence-corrected chi connectivity index (χ0v) is 15.1. The summed E-state index contributed by atoms with van der Waals surface area (Å²) < 4.78 is 10.7. The van der Waals surface area contributed by atoms with Crippen molar-refractivity contribution >= 4 is 11.6 Å². The molecule has 0 fully saturated rings. The maximum absolute atomic E-state index is 12.4. The van der Waals surface area contributed by atoms with Gasteiger partial charge in [-0.05, 0) is 28.7 Å². The van der Waals surface area contributed by atoms with Crippen LogP contribution < -0.4 is 4.90 Å². The number of anilines is 1. The summed E-state index contributed by atoms with van der Waals surface area (Å²) in [6, 6.07) is 14.8. The van der Waals surface area contributed by atoms with Gasteiger partial charge in [-0.2, -0.15) is 0 Å². The van der Waals surface area contributed by atoms with Crippen LogP contribution in [0.3, 0.4) is 0 Å². The Labute approximate surface area is 149 Å². The van der Waals surface area contributed by atoms with E-state index in [-0.39, 0.29) is 12.5 Å². The van der Waals surface area contributed by atoms with E-state index < -0.39 is 0 Å². The van der Waals surface area contributed by atoms with Crippen molar-refractivity contribution in [1.29, 1.82) is 0 Å². The number of fused-ring (bicyclic) bond motifs is 1. The number of rotatable bonds is 5. The molecule has 0 saturated carbocycles. The molecule has 2 aromatic carbocycles. The van der Waals surface area contributed by atoms with Gasteiger partial charge in [-0.25, -0.2) is 0 Å². The third kappa shape index (κ3) is 3.91. The van der Waals surface area contributed by atoms with Crippen molar-refractivity contribution in [2.24, 2.45) is 0 Å². The number of carbonyl (C=O) groups is 1. The molecule has 25 heavy (non-hydrogen) atoms. The first-order chi connectivity index (χ1) is 12.1. The molecule has 0 bridgehead atoms. The summed E-state index contributed by atoms with van der Waals surface area (Å²) in [5.74, 6) is 0.456. The number of nitrogens with zero attached hydrogens (tertiary/aromatic N) is 1. The van der Waals surface area contributed by atoms with Gasteiger partial charge >= 0.3 is 0 Å². The Balaban J connectivity index is 2.01. The van der Waals surface area contributed by atoms with Gasteiger partial charge in [-0.1, -0.05) is 50.2 Å². The Bertz CT molecular complexity index is 755. The number of ether oxygens (including phenoxy) is 2. The van der Waals surface area contributed by atoms with Crippen molar-refractivity contribution in [1.82, 2.24) is 0 Å². The van der Waals surface area contributed by atoms with Gasteiger partial charge in [0.2, 0.25) is 0 Å². The number of hydrogen-bond donors (Lipinski definition) is 0. The lowest BCUT2D eigenvalue weighted by Gasteiger charge is -2.23. The fourth-order valence-electron chi connectivity index (χ4n) is 3.08. The van der Waals surface area contributed by atoms with Crippen LogP contribution in [0.1, 0.15) is 30.9 Å². The van der Waals surface area contributed by atoms with Crippen LogP contribution in [0, 0.1) is 0 Å². The van der Waals surface area contributed by atoms with Crippen molar-refractivity contribution in [3.8, 4) is 11.1 Å². The van der Waals surface area contributed by atoms with E-state index in [0.717, 1.165) is 16.8 Å². The number of methoxy groups -OCH3 is 1. The highest BCUT2D eigenvalue weighted by molar-refractivity contribution is 5.96. The van der Waals surface area contributed by atoms with Gasteiger partial charge in [-0.3, -0.25) is 4.79 Å². The van der Waals surface area contributed by atoms with Gasteiger partial charge in [0.25, 0.3) is 5.91 Å². The zero-order valence-electron chi connectivity index (χ0n) is 15.1. The summed E-state index contributed by atoms with van der Waals surface area (Å²) in [6.07, 6.45) is 0. The van der Waals surface area contributed by atoms with E-state index in [2.05, 4.69) is 56.3 Å². The fraction of sp³-hybridized carbons (Fsp3) is 0.381. The minimum absolute atomic E-state index is 0.0242. The second-order valence-corrected chi connectivity index (χ2v) is 6.65. The molecule has 1 heterocycles. The van der Waals surface area contributed by atoms with Crippen molar-refractivity contribution in [2.45, 2.75) is 26.4 Å². The van der Waals surface area contributed by atoms with E-state index >= 15 is 0 Å². The van der Waals surface area contributed by atoms with Gasteiger partial charge in [-0.15, -0.1) is 0 Å². The summed E-state index contributed by atoms with van der Waals surface area (Å²) in [6.45, 7) is 5.98. The lowest BCUT2D eigenvalue weighted by atomic mass is 9.96. The quantitative estimate of drug-likeness (QED) is 0.827. The van der Waals surface area contributed by atoms with Crippen LogP contribution in [0.2, 0.25) is 0 Å². The van der Waals surface area contributed by atoms with Crippen LogP contribution in [-0.4, -0.2) is 32.8 Å². The lowest BCUT2D eigenvalue weighted by molar-refractivity contribution is -0.123. The van der Waals surface area contributed by atoms with Crippen LogP contribution in [0.15, 0.2) is 42.5 Å².